The van der Waals surface area contributed by atoms with E-state index in [1.807, 2.05) is 34.1 Å². The van der Waals surface area contributed by atoms with Gasteiger partial charge in [-0.3, -0.25) is 9.59 Å². The van der Waals surface area contributed by atoms with Gasteiger partial charge in [0.25, 0.3) is 0 Å². The summed E-state index contributed by atoms with van der Waals surface area (Å²) >= 11 is 1.74. The maximum Gasteiger partial charge on any atom is 0.227 e. The molecule has 2 aromatic rings. The van der Waals surface area contributed by atoms with E-state index in [-0.39, 0.29) is 11.8 Å². The third kappa shape index (κ3) is 4.39. The van der Waals surface area contributed by atoms with Crippen molar-refractivity contribution in [3.05, 3.63) is 52.2 Å². The van der Waals surface area contributed by atoms with E-state index in [1.165, 1.54) is 5.56 Å². The van der Waals surface area contributed by atoms with E-state index in [0.29, 0.717) is 12.8 Å². The van der Waals surface area contributed by atoms with E-state index >= 15 is 0 Å². The minimum absolute atomic E-state index is 0.196. The third-order valence-electron chi connectivity index (χ3n) is 5.53. The molecule has 2 saturated heterocycles. The first-order valence-electron chi connectivity index (χ1n) is 9.71. The summed E-state index contributed by atoms with van der Waals surface area (Å²) in [6.07, 6.45) is 2.01. The lowest BCUT2D eigenvalue weighted by Crippen LogP contribution is -3.13. The van der Waals surface area contributed by atoms with Crippen molar-refractivity contribution in [1.29, 1.82) is 0 Å². The van der Waals surface area contributed by atoms with Crippen molar-refractivity contribution in [2.24, 2.45) is 0 Å². The van der Waals surface area contributed by atoms with Crippen LogP contribution < -0.4 is 9.80 Å². The Morgan fingerprint density at radius 3 is 2.44 bits per heavy atom. The number of thiophene rings is 1. The zero-order valence-electron chi connectivity index (χ0n) is 15.5. The fraction of sp³-hybridized carbons (Fsp3) is 0.429. The number of rotatable bonds is 5. The van der Waals surface area contributed by atoms with Gasteiger partial charge >= 0.3 is 0 Å². The molecule has 5 nitrogen and oxygen atoms in total. The first-order chi connectivity index (χ1) is 13.2. The van der Waals surface area contributed by atoms with E-state index in [2.05, 4.69) is 16.8 Å². The molecule has 4 rings (SSSR count). The number of quaternary nitrogens is 1. The van der Waals surface area contributed by atoms with Crippen LogP contribution in [0.25, 0.3) is 0 Å². The molecule has 0 unspecified atom stereocenters. The number of carbonyl (C=O) groups excluding carboxylic acids is 2. The second-order valence-corrected chi connectivity index (χ2v) is 8.21. The number of anilines is 1. The Kier molecular flexibility index (Phi) is 5.55. The maximum atomic E-state index is 12.6. The Balaban J connectivity index is 1.27. The van der Waals surface area contributed by atoms with Crippen LogP contribution >= 0.6 is 11.3 Å². The first kappa shape index (κ1) is 18.2. The number of nitrogens with one attached hydrogen (secondary N) is 1. The highest BCUT2D eigenvalue weighted by atomic mass is 32.1. The summed E-state index contributed by atoms with van der Waals surface area (Å²) in [5.74, 6) is 0.399. The molecule has 0 radical (unpaired) electrons. The lowest BCUT2D eigenvalue weighted by Gasteiger charge is -2.32. The van der Waals surface area contributed by atoms with Gasteiger partial charge in [0, 0.05) is 24.2 Å². The van der Waals surface area contributed by atoms with Crippen LogP contribution in [0, 0.1) is 0 Å². The number of benzene rings is 1. The average Bonchev–Trinajstić information content (AvgIpc) is 3.35. The van der Waals surface area contributed by atoms with Crippen LogP contribution in [-0.4, -0.2) is 49.4 Å². The number of amides is 2. The van der Waals surface area contributed by atoms with Gasteiger partial charge in [-0.05, 0) is 40.9 Å². The number of carbonyl (C=O) groups is 2. The van der Waals surface area contributed by atoms with Crippen LogP contribution in [0.3, 0.4) is 0 Å². The van der Waals surface area contributed by atoms with Gasteiger partial charge in [-0.1, -0.05) is 12.1 Å². The Labute approximate surface area is 164 Å². The Hall–Kier alpha value is -2.18. The van der Waals surface area contributed by atoms with Crippen molar-refractivity contribution in [2.75, 3.05) is 37.6 Å². The predicted octanol–water partition coefficient (Wildman–Crippen LogP) is 1.34. The van der Waals surface area contributed by atoms with E-state index in [0.717, 1.165) is 56.9 Å². The monoisotopic (exact) mass is 384 g/mol. The summed E-state index contributed by atoms with van der Waals surface area (Å²) in [5.41, 5.74) is 3.36. The SMILES string of the molecule is O=C(Cc1ccc(N2CCCC2=O)cc1)N1CC[NH+](Cc2ccsc2)CC1. The molecule has 0 spiro atoms. The van der Waals surface area contributed by atoms with Gasteiger partial charge < -0.3 is 14.7 Å². The van der Waals surface area contributed by atoms with Crippen LogP contribution in [0.15, 0.2) is 41.1 Å². The van der Waals surface area contributed by atoms with Gasteiger partial charge in [0.05, 0.1) is 32.6 Å². The average molecular weight is 385 g/mol. The quantitative estimate of drug-likeness (QED) is 0.846. The smallest absolute Gasteiger partial charge is 0.227 e. The highest BCUT2D eigenvalue weighted by Crippen LogP contribution is 2.21. The molecule has 2 amide bonds. The highest BCUT2D eigenvalue weighted by molar-refractivity contribution is 7.07. The largest absolute Gasteiger partial charge is 0.331 e. The molecule has 27 heavy (non-hydrogen) atoms. The number of hydrogen-bond acceptors (Lipinski definition) is 3. The van der Waals surface area contributed by atoms with Crippen LogP contribution in [0.2, 0.25) is 0 Å². The van der Waals surface area contributed by atoms with Gasteiger partial charge in [0.2, 0.25) is 11.8 Å². The zero-order valence-corrected chi connectivity index (χ0v) is 16.3. The number of piperazine rings is 1. The maximum absolute atomic E-state index is 12.6. The summed E-state index contributed by atoms with van der Waals surface area (Å²) in [6.45, 7) is 5.55. The third-order valence-corrected chi connectivity index (χ3v) is 6.27. The topological polar surface area (TPSA) is 45.1 Å². The molecule has 2 aliphatic rings. The molecule has 0 atom stereocenters. The van der Waals surface area contributed by atoms with Crippen LogP contribution in [0.1, 0.15) is 24.0 Å². The van der Waals surface area contributed by atoms with Gasteiger partial charge in [-0.2, -0.15) is 11.3 Å². The van der Waals surface area contributed by atoms with Crippen molar-refractivity contribution in [1.82, 2.24) is 4.90 Å². The lowest BCUT2D eigenvalue weighted by molar-refractivity contribution is -0.917. The summed E-state index contributed by atoms with van der Waals surface area (Å²) in [4.78, 5) is 29.9. The molecule has 1 aromatic heterocycles. The Morgan fingerprint density at radius 1 is 1.04 bits per heavy atom. The molecular weight excluding hydrogens is 358 g/mol. The summed E-state index contributed by atoms with van der Waals surface area (Å²) in [5, 5.41) is 4.34. The molecule has 142 valence electrons. The number of hydrogen-bond donors (Lipinski definition) is 1. The van der Waals surface area contributed by atoms with Gasteiger partial charge in [-0.25, -0.2) is 0 Å². The van der Waals surface area contributed by atoms with Gasteiger partial charge in [0.1, 0.15) is 6.54 Å². The highest BCUT2D eigenvalue weighted by Gasteiger charge is 2.24. The minimum atomic E-state index is 0.196. The summed E-state index contributed by atoms with van der Waals surface area (Å²) in [6, 6.07) is 10.1. The van der Waals surface area contributed by atoms with Gasteiger partial charge in [0.15, 0.2) is 0 Å². The fourth-order valence-corrected chi connectivity index (χ4v) is 4.60. The van der Waals surface area contributed by atoms with Crippen LogP contribution in [0.5, 0.6) is 0 Å². The molecular formula is C21H26N3O2S+. The van der Waals surface area contributed by atoms with Crippen molar-refractivity contribution < 1.29 is 14.5 Å². The Morgan fingerprint density at radius 2 is 1.81 bits per heavy atom. The van der Waals surface area contributed by atoms with Gasteiger partial charge in [-0.15, -0.1) is 0 Å². The van der Waals surface area contributed by atoms with Crippen LogP contribution in [0.4, 0.5) is 5.69 Å². The normalized spacial score (nSPS) is 18.3. The second kappa shape index (κ2) is 8.23. The predicted molar refractivity (Wildman–Crippen MR) is 107 cm³/mol. The fourth-order valence-electron chi connectivity index (χ4n) is 3.93. The zero-order chi connectivity index (χ0) is 18.6. The number of nitrogens with zero attached hydrogens (tertiary/aromatic N) is 2. The van der Waals surface area contributed by atoms with Crippen molar-refractivity contribution >= 4 is 28.8 Å². The standard InChI is InChI=1S/C21H25N3O2S/c25-20-2-1-8-24(20)19-5-3-17(4-6-19)14-21(26)23-11-9-22(10-12-23)15-18-7-13-27-16-18/h3-7,13,16H,1-2,8-12,14-15H2/p+1. The van der Waals surface area contributed by atoms with E-state index in [4.69, 9.17) is 0 Å². The minimum Gasteiger partial charge on any atom is -0.331 e. The second-order valence-electron chi connectivity index (χ2n) is 7.43. The van der Waals surface area contributed by atoms with Crippen molar-refractivity contribution in [2.45, 2.75) is 25.8 Å². The van der Waals surface area contributed by atoms with E-state index in [1.54, 1.807) is 16.2 Å². The molecule has 0 aliphatic carbocycles. The van der Waals surface area contributed by atoms with E-state index in [9.17, 15) is 9.59 Å². The molecule has 1 aromatic carbocycles. The van der Waals surface area contributed by atoms with Crippen molar-refractivity contribution in [3.8, 4) is 0 Å². The Bertz CT molecular complexity index is 780. The molecule has 1 N–H and O–H groups in total. The molecule has 2 fully saturated rings. The van der Waals surface area contributed by atoms with Crippen molar-refractivity contribution in [3.63, 3.8) is 0 Å². The summed E-state index contributed by atoms with van der Waals surface area (Å²) in [7, 11) is 0. The molecule has 0 bridgehead atoms. The van der Waals surface area contributed by atoms with E-state index < -0.39 is 0 Å². The molecule has 2 aliphatic heterocycles. The molecule has 6 heteroatoms. The molecule has 0 saturated carbocycles. The summed E-state index contributed by atoms with van der Waals surface area (Å²) < 4.78 is 0. The lowest BCUT2D eigenvalue weighted by atomic mass is 10.1. The molecule has 3 heterocycles. The first-order valence-corrected chi connectivity index (χ1v) is 10.6. The van der Waals surface area contributed by atoms with Crippen LogP contribution in [-0.2, 0) is 22.6 Å².